The summed E-state index contributed by atoms with van der Waals surface area (Å²) in [7, 11) is 0. The largest absolute Gasteiger partial charge is 0.0839 e. The lowest BCUT2D eigenvalue weighted by atomic mass is 9.76. The molecule has 0 saturated carbocycles. The van der Waals surface area contributed by atoms with Crippen molar-refractivity contribution in [3.8, 4) is 0 Å². The van der Waals surface area contributed by atoms with E-state index in [-0.39, 0.29) is 0 Å². The van der Waals surface area contributed by atoms with Crippen LogP contribution in [-0.4, -0.2) is 0 Å². The molecule has 0 amide bonds. The average Bonchev–Trinajstić information content (AvgIpc) is 2.37. The van der Waals surface area contributed by atoms with Gasteiger partial charge in [0, 0.05) is 0 Å². The van der Waals surface area contributed by atoms with Crippen molar-refractivity contribution in [1.29, 1.82) is 0 Å². The van der Waals surface area contributed by atoms with Crippen molar-refractivity contribution in [3.05, 3.63) is 23.3 Å². The van der Waals surface area contributed by atoms with Crippen molar-refractivity contribution in [2.75, 3.05) is 0 Å². The fraction of sp³-hybridized carbons (Fsp3) is 0.714. The van der Waals surface area contributed by atoms with E-state index in [0.717, 1.165) is 0 Å². The van der Waals surface area contributed by atoms with Gasteiger partial charge in [-0.25, -0.2) is 0 Å². The fourth-order valence-corrected chi connectivity index (χ4v) is 3.43. The molecule has 0 aromatic heterocycles. The molecule has 2 rings (SSSR count). The summed E-state index contributed by atoms with van der Waals surface area (Å²) < 4.78 is 0. The number of allylic oxidation sites excluding steroid dienone is 4. The van der Waals surface area contributed by atoms with Crippen LogP contribution in [0.15, 0.2) is 23.3 Å². The molecule has 0 spiro atoms. The number of hydrogen-bond acceptors (Lipinski definition) is 0. The highest BCUT2D eigenvalue weighted by Crippen LogP contribution is 2.57. The van der Waals surface area contributed by atoms with Gasteiger partial charge in [-0.2, -0.15) is 0 Å². The molecule has 1 atom stereocenters. The molecule has 2 aliphatic rings. The molecule has 0 bridgehead atoms. The first-order valence-electron chi connectivity index (χ1n) is 5.90. The van der Waals surface area contributed by atoms with E-state index in [1.165, 1.54) is 25.7 Å². The maximum absolute atomic E-state index is 2.44. The van der Waals surface area contributed by atoms with Gasteiger partial charge in [0.25, 0.3) is 0 Å². The Morgan fingerprint density at radius 1 is 1.29 bits per heavy atom. The molecular weight excluding hydrogens is 168 g/mol. The van der Waals surface area contributed by atoms with Crippen LogP contribution >= 0.6 is 0 Å². The van der Waals surface area contributed by atoms with Crippen LogP contribution in [0.3, 0.4) is 0 Å². The van der Waals surface area contributed by atoms with E-state index in [1.54, 1.807) is 11.1 Å². The highest BCUT2D eigenvalue weighted by molar-refractivity contribution is 5.42. The zero-order chi connectivity index (χ0) is 10.4. The zero-order valence-electron chi connectivity index (χ0n) is 9.98. The van der Waals surface area contributed by atoms with Crippen molar-refractivity contribution in [1.82, 2.24) is 0 Å². The van der Waals surface area contributed by atoms with Crippen LogP contribution in [-0.2, 0) is 0 Å². The van der Waals surface area contributed by atoms with Crippen LogP contribution < -0.4 is 0 Å². The highest BCUT2D eigenvalue weighted by atomic mass is 14.5. The Morgan fingerprint density at radius 2 is 2.00 bits per heavy atom. The molecule has 0 nitrogen and oxygen atoms in total. The van der Waals surface area contributed by atoms with E-state index < -0.39 is 0 Å². The summed E-state index contributed by atoms with van der Waals surface area (Å²) in [5.41, 5.74) is 4.31. The fourth-order valence-electron chi connectivity index (χ4n) is 3.43. The van der Waals surface area contributed by atoms with Crippen molar-refractivity contribution < 1.29 is 0 Å². The van der Waals surface area contributed by atoms with Crippen LogP contribution in [0.25, 0.3) is 0 Å². The number of rotatable bonds is 1. The maximum Gasteiger partial charge on any atom is -0.00701 e. The Balaban J connectivity index is 2.47. The van der Waals surface area contributed by atoms with E-state index in [1.807, 2.05) is 0 Å². The van der Waals surface area contributed by atoms with Gasteiger partial charge in [0.05, 0.1) is 0 Å². The third-order valence-corrected chi connectivity index (χ3v) is 4.25. The first-order valence-corrected chi connectivity index (χ1v) is 5.90. The third-order valence-electron chi connectivity index (χ3n) is 4.25. The minimum Gasteiger partial charge on any atom is -0.0839 e. The molecule has 78 valence electrons. The summed E-state index contributed by atoms with van der Waals surface area (Å²) in [6.07, 6.45) is 9.92. The van der Waals surface area contributed by atoms with Gasteiger partial charge in [0.15, 0.2) is 0 Å². The molecule has 0 radical (unpaired) electrons. The van der Waals surface area contributed by atoms with Gasteiger partial charge >= 0.3 is 0 Å². The average molecular weight is 190 g/mol. The minimum atomic E-state index is 0.449. The van der Waals surface area contributed by atoms with Crippen LogP contribution in [0.1, 0.15) is 53.4 Å². The van der Waals surface area contributed by atoms with E-state index in [4.69, 9.17) is 0 Å². The molecule has 14 heavy (non-hydrogen) atoms. The zero-order valence-corrected chi connectivity index (χ0v) is 9.98. The quantitative estimate of drug-likeness (QED) is 0.572. The van der Waals surface area contributed by atoms with Crippen LogP contribution in [0, 0.1) is 10.8 Å². The Kier molecular flexibility index (Phi) is 2.13. The second kappa shape index (κ2) is 2.98. The SMILES string of the molecule is CCC1(C)CC(C)(C)C2=C1C=CCC2. The smallest absolute Gasteiger partial charge is 0.00701 e. The van der Waals surface area contributed by atoms with Gasteiger partial charge in [0.1, 0.15) is 0 Å². The molecule has 2 aliphatic carbocycles. The van der Waals surface area contributed by atoms with Crippen molar-refractivity contribution in [2.24, 2.45) is 10.8 Å². The van der Waals surface area contributed by atoms with Crippen LogP contribution in [0.5, 0.6) is 0 Å². The predicted molar refractivity (Wildman–Crippen MR) is 62.2 cm³/mol. The molecule has 1 unspecified atom stereocenters. The Hall–Kier alpha value is -0.520. The summed E-state index contributed by atoms with van der Waals surface area (Å²) in [4.78, 5) is 0. The first kappa shape index (κ1) is 10.0. The summed E-state index contributed by atoms with van der Waals surface area (Å²) in [6, 6.07) is 0. The number of hydrogen-bond donors (Lipinski definition) is 0. The van der Waals surface area contributed by atoms with Gasteiger partial charge in [0.2, 0.25) is 0 Å². The molecule has 0 aliphatic heterocycles. The van der Waals surface area contributed by atoms with E-state index in [9.17, 15) is 0 Å². The van der Waals surface area contributed by atoms with Crippen LogP contribution in [0.4, 0.5) is 0 Å². The Morgan fingerprint density at radius 3 is 2.64 bits per heavy atom. The lowest BCUT2D eigenvalue weighted by Crippen LogP contribution is -2.17. The molecule has 0 N–H and O–H groups in total. The second-order valence-corrected chi connectivity index (χ2v) is 5.81. The lowest BCUT2D eigenvalue weighted by Gasteiger charge is -2.28. The van der Waals surface area contributed by atoms with Gasteiger partial charge in [-0.1, -0.05) is 45.4 Å². The van der Waals surface area contributed by atoms with Gasteiger partial charge in [-0.05, 0) is 42.1 Å². The normalized spacial score (nSPS) is 34.9. The molecule has 0 fully saturated rings. The van der Waals surface area contributed by atoms with Gasteiger partial charge < -0.3 is 0 Å². The van der Waals surface area contributed by atoms with Crippen LogP contribution in [0.2, 0.25) is 0 Å². The summed E-state index contributed by atoms with van der Waals surface area (Å²) in [5, 5.41) is 0. The summed E-state index contributed by atoms with van der Waals surface area (Å²) >= 11 is 0. The Bertz CT molecular complexity index is 304. The predicted octanol–water partition coefficient (Wildman–Crippen LogP) is 4.48. The van der Waals surface area contributed by atoms with E-state index >= 15 is 0 Å². The molecule has 0 aromatic rings. The van der Waals surface area contributed by atoms with Crippen molar-refractivity contribution in [3.63, 3.8) is 0 Å². The molecule has 0 aromatic carbocycles. The van der Waals surface area contributed by atoms with Gasteiger partial charge in [-0.15, -0.1) is 0 Å². The second-order valence-electron chi connectivity index (χ2n) is 5.81. The van der Waals surface area contributed by atoms with Crippen molar-refractivity contribution in [2.45, 2.75) is 53.4 Å². The van der Waals surface area contributed by atoms with E-state index in [0.29, 0.717) is 10.8 Å². The maximum atomic E-state index is 2.44. The third kappa shape index (κ3) is 1.27. The monoisotopic (exact) mass is 190 g/mol. The highest BCUT2D eigenvalue weighted by Gasteiger charge is 2.44. The Labute approximate surface area is 88.1 Å². The van der Waals surface area contributed by atoms with Crippen molar-refractivity contribution >= 4 is 0 Å². The standard InChI is InChI=1S/C14H22/c1-5-14(4)10-13(2,3)11-8-6-7-9-12(11)14/h7,9H,5-6,8,10H2,1-4H3. The first-order chi connectivity index (χ1) is 6.49. The van der Waals surface area contributed by atoms with Gasteiger partial charge in [-0.3, -0.25) is 0 Å². The van der Waals surface area contributed by atoms with E-state index in [2.05, 4.69) is 39.8 Å². The summed E-state index contributed by atoms with van der Waals surface area (Å²) in [5.74, 6) is 0. The lowest BCUT2D eigenvalue weighted by molar-refractivity contribution is 0.286. The molecule has 0 heteroatoms. The molecular formula is C14H22. The molecule has 0 saturated heterocycles. The molecule has 0 heterocycles. The topological polar surface area (TPSA) is 0 Å². The summed E-state index contributed by atoms with van der Waals surface area (Å²) in [6.45, 7) is 9.60. The minimum absolute atomic E-state index is 0.449.